The van der Waals surface area contributed by atoms with Gasteiger partial charge in [-0.05, 0) is 48.4 Å². The molecular formula is C21H20N4O4S2. The van der Waals surface area contributed by atoms with Crippen LogP contribution in [0.1, 0.15) is 18.2 Å². The first-order valence-electron chi connectivity index (χ1n) is 9.15. The molecule has 0 fully saturated rings. The Bertz CT molecular complexity index is 1260. The van der Waals surface area contributed by atoms with Crippen molar-refractivity contribution in [2.75, 3.05) is 17.1 Å². The lowest BCUT2D eigenvalue weighted by Crippen LogP contribution is -2.14. The summed E-state index contributed by atoms with van der Waals surface area (Å²) < 4.78 is 34.0. The number of ether oxygens (including phenoxy) is 1. The molecule has 2 aromatic carbocycles. The molecule has 0 saturated heterocycles. The van der Waals surface area contributed by atoms with Gasteiger partial charge in [0.25, 0.3) is 10.0 Å². The molecule has 3 aromatic rings. The van der Waals surface area contributed by atoms with Gasteiger partial charge in [-0.3, -0.25) is 9.52 Å². The molecule has 8 nitrogen and oxygen atoms in total. The standard InChI is InChI=1S/C21H20N4O4S2/c1-13-20(30-21(23-13)24-14(2)26)16-6-9-18(29-3)19(12-16)31(27,28)25-17-7-4-15(5-8-17)10-11-22/h4-9,12,25H,10H2,1-3H3,(H,23,24,26). The van der Waals surface area contributed by atoms with Crippen LogP contribution >= 0.6 is 11.3 Å². The molecule has 0 radical (unpaired) electrons. The summed E-state index contributed by atoms with van der Waals surface area (Å²) >= 11 is 1.26. The number of aromatic nitrogens is 1. The number of carbonyl (C=O) groups excluding carboxylic acids is 1. The van der Waals surface area contributed by atoms with Crippen LogP contribution < -0.4 is 14.8 Å². The fourth-order valence-corrected chi connectivity index (χ4v) is 5.15. The maximum absolute atomic E-state index is 13.1. The fourth-order valence-electron chi connectivity index (χ4n) is 2.89. The number of rotatable bonds is 7. The lowest BCUT2D eigenvalue weighted by atomic mass is 10.1. The van der Waals surface area contributed by atoms with E-state index in [1.807, 2.05) is 6.07 Å². The maximum Gasteiger partial charge on any atom is 0.265 e. The van der Waals surface area contributed by atoms with Crippen LogP contribution in [0.3, 0.4) is 0 Å². The van der Waals surface area contributed by atoms with Crippen molar-refractivity contribution in [2.45, 2.75) is 25.2 Å². The summed E-state index contributed by atoms with van der Waals surface area (Å²) in [5.74, 6) is -0.0371. The number of aryl methyl sites for hydroxylation is 1. The molecule has 1 heterocycles. The Morgan fingerprint density at radius 3 is 2.55 bits per heavy atom. The van der Waals surface area contributed by atoms with Crippen molar-refractivity contribution in [3.63, 3.8) is 0 Å². The van der Waals surface area contributed by atoms with Gasteiger partial charge in [0.1, 0.15) is 10.6 Å². The van der Waals surface area contributed by atoms with Gasteiger partial charge in [-0.2, -0.15) is 5.26 Å². The molecule has 10 heteroatoms. The van der Waals surface area contributed by atoms with Crippen molar-refractivity contribution >= 4 is 38.1 Å². The number of hydrogen-bond donors (Lipinski definition) is 2. The Morgan fingerprint density at radius 1 is 1.23 bits per heavy atom. The zero-order valence-corrected chi connectivity index (χ0v) is 18.7. The van der Waals surface area contributed by atoms with E-state index in [4.69, 9.17) is 10.00 Å². The number of nitrogens with one attached hydrogen (secondary N) is 2. The smallest absolute Gasteiger partial charge is 0.265 e. The molecule has 3 rings (SSSR count). The number of methoxy groups -OCH3 is 1. The van der Waals surface area contributed by atoms with Crippen LogP contribution in [0.2, 0.25) is 0 Å². The highest BCUT2D eigenvalue weighted by molar-refractivity contribution is 7.92. The van der Waals surface area contributed by atoms with E-state index in [-0.39, 0.29) is 23.0 Å². The number of amides is 1. The number of nitrogens with zero attached hydrogens (tertiary/aromatic N) is 2. The zero-order valence-electron chi connectivity index (χ0n) is 17.1. The number of nitriles is 1. The summed E-state index contributed by atoms with van der Waals surface area (Å²) in [5, 5.41) is 11.8. The largest absolute Gasteiger partial charge is 0.495 e. The van der Waals surface area contributed by atoms with Crippen molar-refractivity contribution in [3.8, 4) is 22.3 Å². The molecule has 0 aliphatic carbocycles. The number of anilines is 2. The van der Waals surface area contributed by atoms with Gasteiger partial charge in [0.2, 0.25) is 5.91 Å². The van der Waals surface area contributed by atoms with Crippen molar-refractivity contribution in [3.05, 3.63) is 53.7 Å². The summed E-state index contributed by atoms with van der Waals surface area (Å²) in [4.78, 5) is 16.3. The van der Waals surface area contributed by atoms with Crippen molar-refractivity contribution < 1.29 is 17.9 Å². The Labute approximate surface area is 184 Å². The number of hydrogen-bond acceptors (Lipinski definition) is 7. The summed E-state index contributed by atoms with van der Waals surface area (Å²) in [6.07, 6.45) is 0.248. The highest BCUT2D eigenvalue weighted by Crippen LogP contribution is 2.37. The third kappa shape index (κ3) is 5.20. The molecule has 2 N–H and O–H groups in total. The monoisotopic (exact) mass is 456 g/mol. The topological polar surface area (TPSA) is 121 Å². The molecule has 0 unspecified atom stereocenters. The zero-order chi connectivity index (χ0) is 22.6. The molecular weight excluding hydrogens is 436 g/mol. The molecule has 160 valence electrons. The minimum atomic E-state index is -3.96. The van der Waals surface area contributed by atoms with E-state index in [0.717, 1.165) is 10.4 Å². The Hall–Kier alpha value is -3.42. The first-order valence-corrected chi connectivity index (χ1v) is 11.5. The molecule has 0 atom stereocenters. The molecule has 0 saturated carbocycles. The molecule has 0 aliphatic rings. The lowest BCUT2D eigenvalue weighted by molar-refractivity contribution is -0.114. The maximum atomic E-state index is 13.1. The number of carbonyl (C=O) groups is 1. The van der Waals surface area contributed by atoms with E-state index in [9.17, 15) is 13.2 Å². The summed E-state index contributed by atoms with van der Waals surface area (Å²) in [6, 6.07) is 13.5. The van der Waals surface area contributed by atoms with Crippen LogP contribution in [-0.4, -0.2) is 26.4 Å². The third-order valence-corrected chi connectivity index (χ3v) is 6.81. The average Bonchev–Trinajstić information content (AvgIpc) is 3.08. The summed E-state index contributed by atoms with van der Waals surface area (Å²) in [5.41, 5.74) is 2.47. The molecule has 0 bridgehead atoms. The van der Waals surface area contributed by atoms with E-state index >= 15 is 0 Å². The predicted octanol–water partition coefficient (Wildman–Crippen LogP) is 3.95. The minimum Gasteiger partial charge on any atom is -0.495 e. The van der Waals surface area contributed by atoms with Gasteiger partial charge in [-0.1, -0.05) is 23.5 Å². The van der Waals surface area contributed by atoms with Gasteiger partial charge in [-0.25, -0.2) is 13.4 Å². The van der Waals surface area contributed by atoms with Crippen LogP contribution in [0, 0.1) is 18.3 Å². The molecule has 1 aromatic heterocycles. The average molecular weight is 457 g/mol. The second kappa shape index (κ2) is 9.16. The highest BCUT2D eigenvalue weighted by Gasteiger charge is 2.22. The Balaban J connectivity index is 1.97. The van der Waals surface area contributed by atoms with E-state index in [0.29, 0.717) is 22.1 Å². The van der Waals surface area contributed by atoms with Crippen LogP contribution in [0.5, 0.6) is 5.75 Å². The number of benzene rings is 2. The van der Waals surface area contributed by atoms with Crippen LogP contribution in [-0.2, 0) is 21.2 Å². The first-order chi connectivity index (χ1) is 14.7. The van der Waals surface area contributed by atoms with Crippen molar-refractivity contribution in [1.82, 2.24) is 4.98 Å². The summed E-state index contributed by atoms with van der Waals surface area (Å²) in [7, 11) is -2.56. The van der Waals surface area contributed by atoms with Gasteiger partial charge in [-0.15, -0.1) is 0 Å². The lowest BCUT2D eigenvalue weighted by Gasteiger charge is -2.13. The van der Waals surface area contributed by atoms with E-state index in [2.05, 4.69) is 15.0 Å². The minimum absolute atomic E-state index is 0.0255. The first kappa shape index (κ1) is 22.3. The van der Waals surface area contributed by atoms with Crippen LogP contribution in [0.4, 0.5) is 10.8 Å². The Kier molecular flexibility index (Phi) is 6.58. The normalized spacial score (nSPS) is 10.9. The number of sulfonamides is 1. The SMILES string of the molecule is COc1ccc(-c2sc(NC(C)=O)nc2C)cc1S(=O)(=O)Nc1ccc(CC#N)cc1. The Morgan fingerprint density at radius 2 is 1.94 bits per heavy atom. The molecule has 1 amide bonds. The second-order valence-electron chi connectivity index (χ2n) is 6.62. The number of thiazole rings is 1. The van der Waals surface area contributed by atoms with Crippen molar-refractivity contribution in [1.29, 1.82) is 5.26 Å². The quantitative estimate of drug-likeness (QED) is 0.555. The molecule has 0 aliphatic heterocycles. The van der Waals surface area contributed by atoms with Gasteiger partial charge in [0, 0.05) is 12.6 Å². The van der Waals surface area contributed by atoms with Gasteiger partial charge < -0.3 is 10.1 Å². The van der Waals surface area contributed by atoms with E-state index < -0.39 is 10.0 Å². The molecule has 0 spiro atoms. The van der Waals surface area contributed by atoms with E-state index in [1.54, 1.807) is 43.3 Å². The van der Waals surface area contributed by atoms with Crippen molar-refractivity contribution in [2.24, 2.45) is 0 Å². The summed E-state index contributed by atoms with van der Waals surface area (Å²) in [6.45, 7) is 3.18. The second-order valence-corrected chi connectivity index (χ2v) is 9.27. The fraction of sp³-hybridized carbons (Fsp3) is 0.190. The van der Waals surface area contributed by atoms with Gasteiger partial charge in [0.15, 0.2) is 5.13 Å². The van der Waals surface area contributed by atoms with Crippen LogP contribution in [0.15, 0.2) is 47.4 Å². The van der Waals surface area contributed by atoms with E-state index in [1.165, 1.54) is 31.4 Å². The molecule has 31 heavy (non-hydrogen) atoms. The van der Waals surface area contributed by atoms with Gasteiger partial charge >= 0.3 is 0 Å². The predicted molar refractivity (Wildman–Crippen MR) is 120 cm³/mol. The third-order valence-electron chi connectivity index (χ3n) is 4.28. The van der Waals surface area contributed by atoms with Crippen LogP contribution in [0.25, 0.3) is 10.4 Å². The highest BCUT2D eigenvalue weighted by atomic mass is 32.2. The van der Waals surface area contributed by atoms with Gasteiger partial charge in [0.05, 0.1) is 30.2 Å².